The third kappa shape index (κ3) is 2.92. The molecule has 1 amide bonds. The zero-order valence-corrected chi connectivity index (χ0v) is 9.13. The maximum Gasteiger partial charge on any atom is 0.222 e. The van der Waals surface area contributed by atoms with Crippen molar-refractivity contribution in [3.05, 3.63) is 0 Å². The van der Waals surface area contributed by atoms with Crippen molar-refractivity contribution in [3.63, 3.8) is 0 Å². The fraction of sp³-hybridized carbons (Fsp3) is 0.909. The van der Waals surface area contributed by atoms with Gasteiger partial charge in [-0.2, -0.15) is 0 Å². The lowest BCUT2D eigenvalue weighted by atomic mass is 9.78. The summed E-state index contributed by atoms with van der Waals surface area (Å²) in [5, 5.41) is 2.91. The van der Waals surface area contributed by atoms with Gasteiger partial charge in [-0.25, -0.2) is 0 Å². The fourth-order valence-corrected chi connectivity index (χ4v) is 2.17. The average molecular weight is 212 g/mol. The Kier molecular flexibility index (Phi) is 3.26. The lowest BCUT2D eigenvalue weighted by Crippen LogP contribution is -2.55. The summed E-state index contributed by atoms with van der Waals surface area (Å²) in [6.07, 6.45) is 5.99. The first-order valence-electron chi connectivity index (χ1n) is 5.85. The highest BCUT2D eigenvalue weighted by Crippen LogP contribution is 2.28. The Hall–Kier alpha value is -0.610. The predicted octanol–water partition coefficient (Wildman–Crippen LogP) is 0.553. The van der Waals surface area contributed by atoms with Crippen molar-refractivity contribution in [1.29, 1.82) is 0 Å². The van der Waals surface area contributed by atoms with Crippen LogP contribution in [-0.4, -0.2) is 30.7 Å². The van der Waals surface area contributed by atoms with Gasteiger partial charge in [0.15, 0.2) is 0 Å². The molecule has 3 N–H and O–H groups in total. The fourth-order valence-electron chi connectivity index (χ4n) is 2.17. The summed E-state index contributed by atoms with van der Waals surface area (Å²) in [5.74, 6) is 0.0821. The SMILES string of the molecule is NC1(CNC(=O)CC2CCCO2)CCC1. The van der Waals surface area contributed by atoms with Crippen molar-refractivity contribution in [1.82, 2.24) is 5.32 Å². The third-order valence-electron chi connectivity index (χ3n) is 3.42. The van der Waals surface area contributed by atoms with E-state index in [9.17, 15) is 4.79 Å². The minimum absolute atomic E-state index is 0.0821. The van der Waals surface area contributed by atoms with E-state index in [4.69, 9.17) is 10.5 Å². The Morgan fingerprint density at radius 3 is 2.80 bits per heavy atom. The third-order valence-corrected chi connectivity index (χ3v) is 3.42. The van der Waals surface area contributed by atoms with E-state index in [1.165, 1.54) is 6.42 Å². The van der Waals surface area contributed by atoms with E-state index in [2.05, 4.69) is 5.32 Å². The lowest BCUT2D eigenvalue weighted by Gasteiger charge is -2.38. The van der Waals surface area contributed by atoms with Crippen LogP contribution in [0.25, 0.3) is 0 Å². The molecule has 2 fully saturated rings. The highest BCUT2D eigenvalue weighted by Gasteiger charge is 2.32. The van der Waals surface area contributed by atoms with Crippen LogP contribution >= 0.6 is 0 Å². The Bertz CT molecular complexity index is 233. The van der Waals surface area contributed by atoms with Gasteiger partial charge in [-0.15, -0.1) is 0 Å². The summed E-state index contributed by atoms with van der Waals surface area (Å²) in [7, 11) is 0. The minimum atomic E-state index is -0.119. The standard InChI is InChI=1S/C11H20N2O2/c12-11(4-2-5-11)8-13-10(14)7-9-3-1-6-15-9/h9H,1-8,12H2,(H,13,14). The maximum absolute atomic E-state index is 11.5. The normalized spacial score (nSPS) is 28.5. The van der Waals surface area contributed by atoms with E-state index in [-0.39, 0.29) is 17.6 Å². The van der Waals surface area contributed by atoms with Gasteiger partial charge in [0.05, 0.1) is 12.5 Å². The van der Waals surface area contributed by atoms with Gasteiger partial charge in [0.25, 0.3) is 0 Å². The molecule has 0 spiro atoms. The molecule has 4 heteroatoms. The number of carbonyl (C=O) groups excluding carboxylic acids is 1. The number of nitrogens with two attached hydrogens (primary N) is 1. The Morgan fingerprint density at radius 2 is 2.27 bits per heavy atom. The quantitative estimate of drug-likeness (QED) is 0.715. The molecule has 0 aromatic heterocycles. The molecule has 2 aliphatic rings. The summed E-state index contributed by atoms with van der Waals surface area (Å²) in [6, 6.07) is 0. The molecule has 0 aromatic rings. The van der Waals surface area contributed by atoms with Crippen LogP contribution in [-0.2, 0) is 9.53 Å². The predicted molar refractivity (Wildman–Crippen MR) is 57.4 cm³/mol. The molecule has 0 radical (unpaired) electrons. The van der Waals surface area contributed by atoms with E-state index in [0.29, 0.717) is 13.0 Å². The molecule has 1 heterocycles. The summed E-state index contributed by atoms with van der Waals surface area (Å²) >= 11 is 0. The molecule has 0 aromatic carbocycles. The summed E-state index contributed by atoms with van der Waals surface area (Å²) < 4.78 is 5.40. The summed E-state index contributed by atoms with van der Waals surface area (Å²) in [6.45, 7) is 1.43. The molecule has 2 rings (SSSR count). The topological polar surface area (TPSA) is 64.3 Å². The molecule has 1 atom stereocenters. The van der Waals surface area contributed by atoms with Gasteiger partial charge in [0.1, 0.15) is 0 Å². The van der Waals surface area contributed by atoms with E-state index in [0.717, 1.165) is 32.3 Å². The van der Waals surface area contributed by atoms with E-state index >= 15 is 0 Å². The van der Waals surface area contributed by atoms with Crippen molar-refractivity contribution in [2.75, 3.05) is 13.2 Å². The number of nitrogens with one attached hydrogen (secondary N) is 1. The molecule has 4 nitrogen and oxygen atoms in total. The monoisotopic (exact) mass is 212 g/mol. The molecular weight excluding hydrogens is 192 g/mol. The van der Waals surface area contributed by atoms with Crippen LogP contribution in [0.4, 0.5) is 0 Å². The van der Waals surface area contributed by atoms with Gasteiger partial charge in [-0.1, -0.05) is 0 Å². The second kappa shape index (κ2) is 4.49. The smallest absolute Gasteiger partial charge is 0.222 e. The summed E-state index contributed by atoms with van der Waals surface area (Å²) in [4.78, 5) is 11.5. The zero-order valence-electron chi connectivity index (χ0n) is 9.13. The first-order chi connectivity index (χ1) is 7.18. The van der Waals surface area contributed by atoms with Gasteiger partial charge >= 0.3 is 0 Å². The van der Waals surface area contributed by atoms with Crippen molar-refractivity contribution in [3.8, 4) is 0 Å². The number of hydrogen-bond donors (Lipinski definition) is 2. The Labute approximate surface area is 90.5 Å². The van der Waals surface area contributed by atoms with Crippen LogP contribution in [0.3, 0.4) is 0 Å². The van der Waals surface area contributed by atoms with Gasteiger partial charge in [0, 0.05) is 18.7 Å². The lowest BCUT2D eigenvalue weighted by molar-refractivity contribution is -0.123. The number of ether oxygens (including phenoxy) is 1. The minimum Gasteiger partial charge on any atom is -0.378 e. The van der Waals surface area contributed by atoms with Crippen LogP contribution in [0.15, 0.2) is 0 Å². The van der Waals surface area contributed by atoms with Crippen LogP contribution in [0.5, 0.6) is 0 Å². The molecular formula is C11H20N2O2. The first kappa shape index (κ1) is 10.9. The molecule has 86 valence electrons. The molecule has 1 aliphatic heterocycles. The highest BCUT2D eigenvalue weighted by atomic mass is 16.5. The van der Waals surface area contributed by atoms with E-state index < -0.39 is 0 Å². The molecule has 1 saturated carbocycles. The first-order valence-corrected chi connectivity index (χ1v) is 5.85. The average Bonchev–Trinajstić information content (AvgIpc) is 2.64. The maximum atomic E-state index is 11.5. The number of carbonyl (C=O) groups is 1. The summed E-state index contributed by atoms with van der Waals surface area (Å²) in [5.41, 5.74) is 5.89. The van der Waals surface area contributed by atoms with Crippen LogP contribution < -0.4 is 11.1 Å². The molecule has 0 bridgehead atoms. The second-order valence-corrected chi connectivity index (χ2v) is 4.83. The van der Waals surface area contributed by atoms with Crippen molar-refractivity contribution in [2.24, 2.45) is 5.73 Å². The van der Waals surface area contributed by atoms with Gasteiger partial charge < -0.3 is 15.8 Å². The Balaban J connectivity index is 1.63. The van der Waals surface area contributed by atoms with Gasteiger partial charge in [-0.05, 0) is 32.1 Å². The number of rotatable bonds is 4. The van der Waals surface area contributed by atoms with Crippen molar-refractivity contribution < 1.29 is 9.53 Å². The van der Waals surface area contributed by atoms with Crippen LogP contribution in [0.1, 0.15) is 38.5 Å². The van der Waals surface area contributed by atoms with E-state index in [1.54, 1.807) is 0 Å². The molecule has 1 aliphatic carbocycles. The van der Waals surface area contributed by atoms with Crippen LogP contribution in [0, 0.1) is 0 Å². The molecule has 1 saturated heterocycles. The highest BCUT2D eigenvalue weighted by molar-refractivity contribution is 5.76. The zero-order chi connectivity index (χ0) is 10.7. The largest absolute Gasteiger partial charge is 0.378 e. The van der Waals surface area contributed by atoms with Crippen molar-refractivity contribution in [2.45, 2.75) is 50.2 Å². The van der Waals surface area contributed by atoms with Gasteiger partial charge in [-0.3, -0.25) is 4.79 Å². The Morgan fingerprint density at radius 1 is 1.47 bits per heavy atom. The van der Waals surface area contributed by atoms with Crippen LogP contribution in [0.2, 0.25) is 0 Å². The number of amides is 1. The number of hydrogen-bond acceptors (Lipinski definition) is 3. The molecule has 1 unspecified atom stereocenters. The molecule has 15 heavy (non-hydrogen) atoms. The van der Waals surface area contributed by atoms with E-state index in [1.807, 2.05) is 0 Å². The van der Waals surface area contributed by atoms with Gasteiger partial charge in [0.2, 0.25) is 5.91 Å². The second-order valence-electron chi connectivity index (χ2n) is 4.83. The van der Waals surface area contributed by atoms with Crippen molar-refractivity contribution >= 4 is 5.91 Å².